The summed E-state index contributed by atoms with van der Waals surface area (Å²) in [7, 11) is 0. The molecule has 0 aromatic heterocycles. The molecule has 0 saturated heterocycles. The quantitative estimate of drug-likeness (QED) is 0.836. The zero-order valence-corrected chi connectivity index (χ0v) is 12.0. The Morgan fingerprint density at radius 3 is 2.70 bits per heavy atom. The fraction of sp³-hybridized carbons (Fsp3) is 0.571. The van der Waals surface area contributed by atoms with Gasteiger partial charge in [-0.15, -0.1) is 0 Å². The summed E-state index contributed by atoms with van der Waals surface area (Å²) >= 11 is 1.78. The molecule has 2 unspecified atom stereocenters. The number of nitrogens with one attached hydrogen (secondary N) is 1. The molecule has 20 heavy (non-hydrogen) atoms. The fourth-order valence-corrected chi connectivity index (χ4v) is 3.55. The van der Waals surface area contributed by atoms with E-state index >= 15 is 0 Å². The van der Waals surface area contributed by atoms with Crippen LogP contribution in [0.15, 0.2) is 18.2 Å². The lowest BCUT2D eigenvalue weighted by atomic mass is 10.1. The zero-order valence-electron chi connectivity index (χ0n) is 11.1. The van der Waals surface area contributed by atoms with Crippen LogP contribution in [-0.2, 0) is 12.7 Å². The minimum absolute atomic E-state index is 0.324. The van der Waals surface area contributed by atoms with Crippen LogP contribution in [0.1, 0.15) is 30.4 Å². The predicted molar refractivity (Wildman–Crippen MR) is 73.2 cm³/mol. The Labute approximate surface area is 120 Å². The molecule has 1 nitrogen and oxygen atoms in total. The van der Waals surface area contributed by atoms with Crippen LogP contribution < -0.4 is 5.32 Å². The molecule has 1 saturated carbocycles. The van der Waals surface area contributed by atoms with Gasteiger partial charge in [0.1, 0.15) is 5.82 Å². The lowest BCUT2D eigenvalue weighted by Gasteiger charge is -2.19. The molecule has 1 aliphatic carbocycles. The van der Waals surface area contributed by atoms with E-state index in [2.05, 4.69) is 5.32 Å². The predicted octanol–water partition coefficient (Wildman–Crippen LogP) is 4.22. The van der Waals surface area contributed by atoms with Crippen molar-refractivity contribution in [1.29, 1.82) is 0 Å². The van der Waals surface area contributed by atoms with Gasteiger partial charge in [0, 0.05) is 17.8 Å². The molecule has 112 valence electrons. The number of rotatable bonds is 4. The van der Waals surface area contributed by atoms with Gasteiger partial charge in [-0.3, -0.25) is 0 Å². The molecule has 1 fully saturated rings. The molecule has 0 spiro atoms. The summed E-state index contributed by atoms with van der Waals surface area (Å²) in [5, 5.41) is 3.80. The Balaban J connectivity index is 2.03. The Morgan fingerprint density at radius 2 is 2.05 bits per heavy atom. The highest BCUT2D eigenvalue weighted by molar-refractivity contribution is 7.99. The van der Waals surface area contributed by atoms with Crippen LogP contribution in [0.4, 0.5) is 17.6 Å². The number of benzene rings is 1. The Bertz CT molecular complexity index is 461. The van der Waals surface area contributed by atoms with Crippen molar-refractivity contribution in [3.8, 4) is 0 Å². The molecule has 0 heterocycles. The van der Waals surface area contributed by atoms with Crippen molar-refractivity contribution in [3.63, 3.8) is 0 Å². The van der Waals surface area contributed by atoms with Gasteiger partial charge in [0.2, 0.25) is 0 Å². The largest absolute Gasteiger partial charge is 0.419 e. The first-order chi connectivity index (χ1) is 9.41. The summed E-state index contributed by atoms with van der Waals surface area (Å²) in [4.78, 5) is 0. The first kappa shape index (κ1) is 15.6. The summed E-state index contributed by atoms with van der Waals surface area (Å²) in [5.41, 5.74) is -0.727. The van der Waals surface area contributed by atoms with Crippen LogP contribution in [0.5, 0.6) is 0 Å². The Morgan fingerprint density at radius 1 is 1.30 bits per heavy atom. The standard InChI is InChI=1S/C14H17F4NS/c1-20-13-4-2-3-12(13)19-8-9-5-6-11(15)10(7-9)14(16,17)18/h5-7,12-13,19H,2-4,8H2,1H3. The number of alkyl halides is 3. The van der Waals surface area contributed by atoms with E-state index in [1.165, 1.54) is 6.07 Å². The second kappa shape index (κ2) is 6.35. The van der Waals surface area contributed by atoms with E-state index in [-0.39, 0.29) is 0 Å². The highest BCUT2D eigenvalue weighted by Gasteiger charge is 2.34. The minimum Gasteiger partial charge on any atom is -0.309 e. The van der Waals surface area contributed by atoms with Gasteiger partial charge >= 0.3 is 6.18 Å². The molecule has 6 heteroatoms. The number of halogens is 4. The maximum atomic E-state index is 13.2. The van der Waals surface area contributed by atoms with Gasteiger partial charge < -0.3 is 5.32 Å². The van der Waals surface area contributed by atoms with Crippen LogP contribution in [0, 0.1) is 5.82 Å². The Kier molecular flexibility index (Phi) is 4.96. The highest BCUT2D eigenvalue weighted by Crippen LogP contribution is 2.32. The molecule has 0 aliphatic heterocycles. The van der Waals surface area contributed by atoms with E-state index in [1.54, 1.807) is 11.8 Å². The number of hydrogen-bond donors (Lipinski definition) is 1. The average molecular weight is 307 g/mol. The van der Waals surface area contributed by atoms with E-state index in [4.69, 9.17) is 0 Å². The average Bonchev–Trinajstić information content (AvgIpc) is 2.84. The van der Waals surface area contributed by atoms with Gasteiger partial charge in [-0.25, -0.2) is 4.39 Å². The highest BCUT2D eigenvalue weighted by atomic mass is 32.2. The Hall–Kier alpha value is -0.750. The van der Waals surface area contributed by atoms with Crippen LogP contribution in [0.3, 0.4) is 0 Å². The van der Waals surface area contributed by atoms with Crippen LogP contribution in [0.2, 0.25) is 0 Å². The van der Waals surface area contributed by atoms with Gasteiger partial charge in [0.15, 0.2) is 0 Å². The maximum absolute atomic E-state index is 13.2. The molecule has 1 aromatic rings. The maximum Gasteiger partial charge on any atom is 0.419 e. The molecule has 0 bridgehead atoms. The lowest BCUT2D eigenvalue weighted by Crippen LogP contribution is -2.33. The number of hydrogen-bond acceptors (Lipinski definition) is 2. The van der Waals surface area contributed by atoms with Gasteiger partial charge in [-0.1, -0.05) is 12.5 Å². The van der Waals surface area contributed by atoms with Crippen molar-refractivity contribution < 1.29 is 17.6 Å². The van der Waals surface area contributed by atoms with Gasteiger partial charge in [-0.05, 0) is 36.8 Å². The first-order valence-corrected chi connectivity index (χ1v) is 7.82. The zero-order chi connectivity index (χ0) is 14.8. The van der Waals surface area contributed by atoms with Gasteiger partial charge in [-0.2, -0.15) is 24.9 Å². The molecule has 1 aliphatic rings. The SMILES string of the molecule is CSC1CCCC1NCc1ccc(F)c(C(F)(F)F)c1. The number of thioether (sulfide) groups is 1. The third-order valence-corrected chi connectivity index (χ3v) is 4.83. The first-order valence-electron chi connectivity index (χ1n) is 6.53. The fourth-order valence-electron chi connectivity index (χ4n) is 2.59. The van der Waals surface area contributed by atoms with Crippen LogP contribution in [-0.4, -0.2) is 17.5 Å². The molecule has 2 atom stereocenters. The van der Waals surface area contributed by atoms with E-state index in [0.717, 1.165) is 31.4 Å². The minimum atomic E-state index is -4.64. The summed E-state index contributed by atoms with van der Waals surface area (Å²) in [5.74, 6) is -1.22. The third-order valence-electron chi connectivity index (χ3n) is 3.66. The van der Waals surface area contributed by atoms with Crippen molar-refractivity contribution >= 4 is 11.8 Å². The van der Waals surface area contributed by atoms with Gasteiger partial charge in [0.25, 0.3) is 0 Å². The van der Waals surface area contributed by atoms with Crippen molar-refractivity contribution in [3.05, 3.63) is 35.1 Å². The third kappa shape index (κ3) is 3.67. The van der Waals surface area contributed by atoms with Crippen LogP contribution >= 0.6 is 11.8 Å². The topological polar surface area (TPSA) is 12.0 Å². The molecule has 0 radical (unpaired) electrons. The monoisotopic (exact) mass is 307 g/mol. The molecule has 1 aromatic carbocycles. The van der Waals surface area contributed by atoms with E-state index in [9.17, 15) is 17.6 Å². The van der Waals surface area contributed by atoms with Crippen LogP contribution in [0.25, 0.3) is 0 Å². The van der Waals surface area contributed by atoms with E-state index in [0.29, 0.717) is 23.4 Å². The van der Waals surface area contributed by atoms with E-state index < -0.39 is 17.6 Å². The lowest BCUT2D eigenvalue weighted by molar-refractivity contribution is -0.140. The molecular formula is C14H17F4NS. The second-order valence-corrected chi connectivity index (χ2v) is 6.08. The second-order valence-electron chi connectivity index (χ2n) is 5.00. The molecule has 0 amide bonds. The smallest absolute Gasteiger partial charge is 0.309 e. The van der Waals surface area contributed by atoms with Crippen molar-refractivity contribution in [2.75, 3.05) is 6.26 Å². The summed E-state index contributed by atoms with van der Waals surface area (Å²) in [6, 6.07) is 3.51. The summed E-state index contributed by atoms with van der Waals surface area (Å²) < 4.78 is 51.0. The molecular weight excluding hydrogens is 290 g/mol. The van der Waals surface area contributed by atoms with Gasteiger partial charge in [0.05, 0.1) is 5.56 Å². The summed E-state index contributed by atoms with van der Waals surface area (Å²) in [6.07, 6.45) is 0.717. The molecule has 1 N–H and O–H groups in total. The van der Waals surface area contributed by atoms with E-state index in [1.807, 2.05) is 6.26 Å². The van der Waals surface area contributed by atoms with Crippen molar-refractivity contribution in [2.24, 2.45) is 0 Å². The van der Waals surface area contributed by atoms with Crippen molar-refractivity contribution in [1.82, 2.24) is 5.32 Å². The molecule has 2 rings (SSSR count). The normalized spacial score (nSPS) is 23.2. The summed E-state index contributed by atoms with van der Waals surface area (Å²) in [6.45, 7) is 0.338. The van der Waals surface area contributed by atoms with Crippen molar-refractivity contribution in [2.45, 2.75) is 43.3 Å².